The van der Waals surface area contributed by atoms with Crippen molar-refractivity contribution < 1.29 is 0 Å². The van der Waals surface area contributed by atoms with E-state index in [0.717, 1.165) is 19.5 Å². The van der Waals surface area contributed by atoms with Gasteiger partial charge in [0.2, 0.25) is 0 Å². The molecule has 112 valence electrons. The molecular formula is C20H22N2. The summed E-state index contributed by atoms with van der Waals surface area (Å²) in [4.78, 5) is 4.82. The second-order valence-electron chi connectivity index (χ2n) is 5.54. The molecule has 0 atom stereocenters. The van der Waals surface area contributed by atoms with Gasteiger partial charge in [0.15, 0.2) is 0 Å². The van der Waals surface area contributed by atoms with Crippen molar-refractivity contribution in [3.05, 3.63) is 74.4 Å². The van der Waals surface area contributed by atoms with E-state index in [4.69, 9.17) is 0 Å². The van der Waals surface area contributed by atoms with E-state index in [1.165, 1.54) is 22.1 Å². The van der Waals surface area contributed by atoms with Gasteiger partial charge in [-0.15, -0.1) is 19.7 Å². The van der Waals surface area contributed by atoms with Crippen LogP contribution in [0.5, 0.6) is 0 Å². The molecule has 0 aromatic heterocycles. The highest BCUT2D eigenvalue weighted by Crippen LogP contribution is 2.42. The summed E-state index contributed by atoms with van der Waals surface area (Å²) in [6.45, 7) is 13.5. The minimum atomic E-state index is 0.244. The first-order chi connectivity index (χ1) is 10.8. The first-order valence-corrected chi connectivity index (χ1v) is 7.69. The molecule has 22 heavy (non-hydrogen) atoms. The van der Waals surface area contributed by atoms with Crippen LogP contribution in [-0.2, 0) is 0 Å². The molecule has 0 fully saturated rings. The fraction of sp³-hybridized carbons (Fsp3) is 0.200. The van der Waals surface area contributed by atoms with Gasteiger partial charge in [-0.05, 0) is 17.5 Å². The van der Waals surface area contributed by atoms with E-state index in [2.05, 4.69) is 65.9 Å². The highest BCUT2D eigenvalue weighted by atomic mass is 15.4. The third kappa shape index (κ3) is 2.21. The van der Waals surface area contributed by atoms with E-state index < -0.39 is 0 Å². The Balaban J connectivity index is 2.26. The van der Waals surface area contributed by atoms with Crippen molar-refractivity contribution >= 4 is 22.1 Å². The SMILES string of the molecule is C=CCC1N(CC=C)c2cccc3cccc(c23)N1CC=C. The zero-order chi connectivity index (χ0) is 15.5. The van der Waals surface area contributed by atoms with E-state index in [1.807, 2.05) is 18.2 Å². The van der Waals surface area contributed by atoms with E-state index in [1.54, 1.807) is 0 Å². The van der Waals surface area contributed by atoms with Crippen LogP contribution in [0.25, 0.3) is 10.8 Å². The fourth-order valence-electron chi connectivity index (χ4n) is 3.39. The van der Waals surface area contributed by atoms with Crippen LogP contribution in [-0.4, -0.2) is 19.3 Å². The Morgan fingerprint density at radius 2 is 1.36 bits per heavy atom. The van der Waals surface area contributed by atoms with Crippen LogP contribution in [0.1, 0.15) is 6.42 Å². The van der Waals surface area contributed by atoms with Crippen molar-refractivity contribution in [1.29, 1.82) is 0 Å². The van der Waals surface area contributed by atoms with Gasteiger partial charge in [-0.2, -0.15) is 0 Å². The number of hydrogen-bond acceptors (Lipinski definition) is 2. The largest absolute Gasteiger partial charge is 0.347 e. The molecule has 0 saturated heterocycles. The Kier molecular flexibility index (Phi) is 4.01. The summed E-state index contributed by atoms with van der Waals surface area (Å²) in [5, 5.41) is 2.59. The predicted molar refractivity (Wildman–Crippen MR) is 97.6 cm³/mol. The summed E-state index contributed by atoms with van der Waals surface area (Å²) >= 11 is 0. The molecule has 1 aliphatic rings. The van der Waals surface area contributed by atoms with Crippen LogP contribution in [0.2, 0.25) is 0 Å². The van der Waals surface area contributed by atoms with Crippen LogP contribution in [0.3, 0.4) is 0 Å². The van der Waals surface area contributed by atoms with Crippen molar-refractivity contribution in [3.8, 4) is 0 Å². The van der Waals surface area contributed by atoms with E-state index >= 15 is 0 Å². The van der Waals surface area contributed by atoms with Crippen molar-refractivity contribution in [2.75, 3.05) is 22.9 Å². The summed E-state index contributed by atoms with van der Waals surface area (Å²) in [5.41, 5.74) is 2.56. The van der Waals surface area contributed by atoms with Crippen molar-refractivity contribution in [2.24, 2.45) is 0 Å². The lowest BCUT2D eigenvalue weighted by Gasteiger charge is -2.46. The van der Waals surface area contributed by atoms with Crippen LogP contribution >= 0.6 is 0 Å². The lowest BCUT2D eigenvalue weighted by molar-refractivity contribution is 0.585. The summed E-state index contributed by atoms with van der Waals surface area (Å²) < 4.78 is 0. The minimum absolute atomic E-state index is 0.244. The van der Waals surface area contributed by atoms with Gasteiger partial charge in [0.25, 0.3) is 0 Å². The highest BCUT2D eigenvalue weighted by molar-refractivity contribution is 6.05. The summed E-state index contributed by atoms with van der Waals surface area (Å²) in [5.74, 6) is 0. The standard InChI is InChI=1S/C20H22N2/c1-4-9-19-21(14-5-2)17-12-7-10-16-11-8-13-18(20(16)17)22(19)15-6-3/h4-8,10-13,19H,1-3,9,14-15H2. The molecule has 0 spiro atoms. The molecule has 1 heterocycles. The molecule has 1 aliphatic heterocycles. The molecule has 2 aromatic carbocycles. The van der Waals surface area contributed by atoms with Gasteiger partial charge in [0.1, 0.15) is 6.17 Å². The van der Waals surface area contributed by atoms with Gasteiger partial charge in [0.05, 0.1) is 0 Å². The van der Waals surface area contributed by atoms with Crippen molar-refractivity contribution in [1.82, 2.24) is 0 Å². The molecular weight excluding hydrogens is 268 g/mol. The van der Waals surface area contributed by atoms with Gasteiger partial charge in [-0.25, -0.2) is 0 Å². The smallest absolute Gasteiger partial charge is 0.106 e. The average Bonchev–Trinajstić information content (AvgIpc) is 2.54. The maximum Gasteiger partial charge on any atom is 0.106 e. The van der Waals surface area contributed by atoms with Gasteiger partial charge in [-0.3, -0.25) is 0 Å². The van der Waals surface area contributed by atoms with E-state index in [9.17, 15) is 0 Å². The molecule has 0 aliphatic carbocycles. The number of benzene rings is 2. The Hall–Kier alpha value is -2.48. The summed E-state index contributed by atoms with van der Waals surface area (Å²) in [6, 6.07) is 13.0. The maximum atomic E-state index is 3.94. The molecule has 0 bridgehead atoms. The zero-order valence-corrected chi connectivity index (χ0v) is 12.9. The van der Waals surface area contributed by atoms with Crippen LogP contribution < -0.4 is 9.80 Å². The third-order valence-corrected chi connectivity index (χ3v) is 4.23. The highest BCUT2D eigenvalue weighted by Gasteiger charge is 2.31. The number of hydrogen-bond donors (Lipinski definition) is 0. The molecule has 0 saturated carbocycles. The lowest BCUT2D eigenvalue weighted by Crippen LogP contribution is -2.51. The zero-order valence-electron chi connectivity index (χ0n) is 12.9. The second kappa shape index (κ2) is 6.10. The van der Waals surface area contributed by atoms with Gasteiger partial charge in [-0.1, -0.05) is 42.5 Å². The van der Waals surface area contributed by atoms with E-state index in [0.29, 0.717) is 0 Å². The minimum Gasteiger partial charge on any atom is -0.347 e. The fourth-order valence-corrected chi connectivity index (χ4v) is 3.39. The molecule has 0 amide bonds. The lowest BCUT2D eigenvalue weighted by atomic mass is 10.00. The molecule has 0 unspecified atom stereocenters. The Morgan fingerprint density at radius 1 is 0.818 bits per heavy atom. The molecule has 0 radical (unpaired) electrons. The average molecular weight is 290 g/mol. The summed E-state index contributed by atoms with van der Waals surface area (Å²) in [7, 11) is 0. The van der Waals surface area contributed by atoms with Crippen LogP contribution in [0.4, 0.5) is 11.4 Å². The molecule has 2 nitrogen and oxygen atoms in total. The monoisotopic (exact) mass is 290 g/mol. The van der Waals surface area contributed by atoms with Crippen molar-refractivity contribution in [3.63, 3.8) is 0 Å². The Labute approximate surface area is 132 Å². The van der Waals surface area contributed by atoms with Crippen molar-refractivity contribution in [2.45, 2.75) is 12.6 Å². The van der Waals surface area contributed by atoms with E-state index in [-0.39, 0.29) is 6.17 Å². The quantitative estimate of drug-likeness (QED) is 0.709. The molecule has 3 rings (SSSR count). The van der Waals surface area contributed by atoms with Gasteiger partial charge in [0, 0.05) is 36.3 Å². The van der Waals surface area contributed by atoms with Gasteiger partial charge >= 0.3 is 0 Å². The second-order valence-corrected chi connectivity index (χ2v) is 5.54. The van der Waals surface area contributed by atoms with Crippen LogP contribution in [0, 0.1) is 0 Å². The molecule has 2 aromatic rings. The number of rotatable bonds is 6. The first kappa shape index (κ1) is 14.5. The number of anilines is 2. The summed E-state index contributed by atoms with van der Waals surface area (Å²) in [6.07, 6.45) is 7.07. The first-order valence-electron chi connectivity index (χ1n) is 7.69. The Bertz CT molecular complexity index is 664. The normalized spacial score (nSPS) is 14.2. The van der Waals surface area contributed by atoms with Crippen LogP contribution in [0.15, 0.2) is 74.4 Å². The molecule has 0 N–H and O–H groups in total. The third-order valence-electron chi connectivity index (χ3n) is 4.23. The Morgan fingerprint density at radius 3 is 1.82 bits per heavy atom. The predicted octanol–water partition coefficient (Wildman–Crippen LogP) is 4.74. The maximum absolute atomic E-state index is 3.94. The molecule has 2 heteroatoms. The topological polar surface area (TPSA) is 6.48 Å². The van der Waals surface area contributed by atoms with Gasteiger partial charge < -0.3 is 9.80 Å². The number of nitrogens with zero attached hydrogens (tertiary/aromatic N) is 2.